The van der Waals surface area contributed by atoms with Crippen LogP contribution in [-0.2, 0) is 37.3 Å². The van der Waals surface area contributed by atoms with Gasteiger partial charge in [0.25, 0.3) is 0 Å². The van der Waals surface area contributed by atoms with Crippen LogP contribution in [0, 0.1) is 12.3 Å². The van der Waals surface area contributed by atoms with Crippen LogP contribution in [0.3, 0.4) is 0 Å². The minimum atomic E-state index is -1.22. The Morgan fingerprint density at radius 1 is 1.13 bits per heavy atom. The fraction of sp³-hybridized carbons (Fsp3) is 0.667. The molecule has 1 aromatic rings. The van der Waals surface area contributed by atoms with Gasteiger partial charge in [-0.25, -0.2) is 0 Å². The molecule has 170 valence electrons. The first-order valence-electron chi connectivity index (χ1n) is 10.9. The van der Waals surface area contributed by atoms with Crippen LogP contribution < -0.4 is 4.74 Å². The summed E-state index contributed by atoms with van der Waals surface area (Å²) in [7, 11) is 0. The van der Waals surface area contributed by atoms with Crippen molar-refractivity contribution in [2.45, 2.75) is 96.7 Å². The molecule has 4 rings (SSSR count). The molecule has 0 amide bonds. The van der Waals surface area contributed by atoms with Gasteiger partial charge >= 0.3 is 11.9 Å². The van der Waals surface area contributed by atoms with Gasteiger partial charge in [0.15, 0.2) is 6.10 Å². The second-order valence-electron chi connectivity index (χ2n) is 10.1. The molecule has 7 heteroatoms. The Kier molecular flexibility index (Phi) is 4.94. The van der Waals surface area contributed by atoms with Crippen molar-refractivity contribution in [2.24, 2.45) is 5.41 Å². The number of carbonyl (C=O) groups excluding carboxylic acids is 2. The molecule has 31 heavy (non-hydrogen) atoms. The summed E-state index contributed by atoms with van der Waals surface area (Å²) in [5.41, 5.74) is 0.996. The van der Waals surface area contributed by atoms with Crippen LogP contribution in [0.1, 0.15) is 69.7 Å². The maximum Gasteiger partial charge on any atom is 0.303 e. The Morgan fingerprint density at radius 2 is 1.77 bits per heavy atom. The van der Waals surface area contributed by atoms with Gasteiger partial charge in [-0.15, -0.1) is 0 Å². The number of hydrogen-bond donors (Lipinski definition) is 2. The van der Waals surface area contributed by atoms with Gasteiger partial charge in [0, 0.05) is 25.8 Å². The molecular weight excluding hydrogens is 400 g/mol. The second-order valence-corrected chi connectivity index (χ2v) is 10.1. The highest BCUT2D eigenvalue weighted by Gasteiger charge is 2.69. The minimum Gasteiger partial charge on any atom is -0.464 e. The molecule has 1 heterocycles. The lowest BCUT2D eigenvalue weighted by Gasteiger charge is -2.64. The third-order valence-electron chi connectivity index (χ3n) is 7.95. The van der Waals surface area contributed by atoms with Gasteiger partial charge in [0.05, 0.1) is 11.0 Å². The topological polar surface area (TPSA) is 102 Å². The van der Waals surface area contributed by atoms with Crippen molar-refractivity contribution in [1.82, 2.24) is 0 Å². The normalized spacial score (nSPS) is 35.3. The van der Waals surface area contributed by atoms with Crippen molar-refractivity contribution in [3.63, 3.8) is 0 Å². The number of fused-ring (bicyclic) bond motifs is 4. The molecule has 1 saturated carbocycles. The fourth-order valence-electron chi connectivity index (χ4n) is 6.44. The van der Waals surface area contributed by atoms with Gasteiger partial charge in [-0.3, -0.25) is 9.59 Å². The monoisotopic (exact) mass is 432 g/mol. The van der Waals surface area contributed by atoms with Gasteiger partial charge < -0.3 is 24.4 Å². The average molecular weight is 433 g/mol. The molecule has 0 bridgehead atoms. The first-order chi connectivity index (χ1) is 14.3. The predicted octanol–water partition coefficient (Wildman–Crippen LogP) is 2.48. The fourth-order valence-corrected chi connectivity index (χ4v) is 6.44. The zero-order valence-electron chi connectivity index (χ0n) is 19.1. The highest BCUT2D eigenvalue weighted by Crippen LogP contribution is 2.62. The average Bonchev–Trinajstić information content (AvgIpc) is 3.02. The highest BCUT2D eigenvalue weighted by molar-refractivity contribution is 5.68. The van der Waals surface area contributed by atoms with E-state index in [2.05, 4.69) is 0 Å². The van der Waals surface area contributed by atoms with Crippen LogP contribution >= 0.6 is 0 Å². The van der Waals surface area contributed by atoms with E-state index in [0.29, 0.717) is 31.4 Å². The zero-order valence-corrected chi connectivity index (χ0v) is 19.1. The summed E-state index contributed by atoms with van der Waals surface area (Å²) in [6, 6.07) is 1.88. The lowest BCUT2D eigenvalue weighted by atomic mass is 9.45. The molecule has 0 spiro atoms. The van der Waals surface area contributed by atoms with Gasteiger partial charge in [-0.1, -0.05) is 13.8 Å². The van der Waals surface area contributed by atoms with E-state index < -0.39 is 46.9 Å². The van der Waals surface area contributed by atoms with E-state index in [1.807, 2.05) is 33.8 Å². The molecule has 1 aliphatic heterocycles. The van der Waals surface area contributed by atoms with Gasteiger partial charge in [0.1, 0.15) is 11.9 Å². The molecule has 0 aromatic heterocycles. The zero-order chi connectivity index (χ0) is 22.9. The van der Waals surface area contributed by atoms with E-state index in [1.54, 1.807) is 0 Å². The first kappa shape index (κ1) is 22.1. The summed E-state index contributed by atoms with van der Waals surface area (Å²) in [6.07, 6.45) is -0.537. The first-order valence-corrected chi connectivity index (χ1v) is 10.9. The second kappa shape index (κ2) is 6.94. The highest BCUT2D eigenvalue weighted by atomic mass is 16.6. The van der Waals surface area contributed by atoms with E-state index in [1.165, 1.54) is 13.8 Å². The lowest BCUT2D eigenvalue weighted by molar-refractivity contribution is -0.243. The van der Waals surface area contributed by atoms with Crippen LogP contribution in [0.2, 0.25) is 0 Å². The Balaban J connectivity index is 1.98. The summed E-state index contributed by atoms with van der Waals surface area (Å²) in [4.78, 5) is 24.0. The number of carbonyl (C=O) groups is 2. The summed E-state index contributed by atoms with van der Waals surface area (Å²) < 4.78 is 17.1. The molecular formula is C24H32O7. The smallest absolute Gasteiger partial charge is 0.303 e. The molecule has 2 N–H and O–H groups in total. The summed E-state index contributed by atoms with van der Waals surface area (Å²) >= 11 is 0. The summed E-state index contributed by atoms with van der Waals surface area (Å²) in [6.45, 7) is 10.5. The summed E-state index contributed by atoms with van der Waals surface area (Å²) in [5.74, 6) is -0.370. The molecule has 5 atom stereocenters. The van der Waals surface area contributed by atoms with Crippen LogP contribution in [0.15, 0.2) is 6.07 Å². The number of aliphatic hydroxyl groups excluding tert-OH is 1. The molecule has 3 aliphatic rings. The Bertz CT molecular complexity index is 952. The van der Waals surface area contributed by atoms with E-state index >= 15 is 0 Å². The van der Waals surface area contributed by atoms with Crippen molar-refractivity contribution in [1.29, 1.82) is 0 Å². The SMILES string of the molecule is CC(=O)O[C@H]1CC(C)(C)[C@]2(O)CCc3c(cc4c(c3C)C[C@@H](O)O4)[C@@]2(C)[C@H]1OC(C)=O. The molecule has 0 saturated heterocycles. The third kappa shape index (κ3) is 3.00. The van der Waals surface area contributed by atoms with Crippen molar-refractivity contribution in [3.05, 3.63) is 28.3 Å². The Hall–Kier alpha value is -2.12. The number of ether oxygens (including phenoxy) is 3. The van der Waals surface area contributed by atoms with E-state index in [4.69, 9.17) is 14.2 Å². The van der Waals surface area contributed by atoms with Gasteiger partial charge in [-0.2, -0.15) is 0 Å². The maximum atomic E-state index is 12.2. The standard InChI is InChI=1S/C24H32O7/c1-12-15-7-8-24(28)22(4,5)11-19(29-13(2)25)21(30-14(3)26)23(24,6)17(15)10-18-16(12)9-20(27)31-18/h10,19-21,27-28H,7-9,11H2,1-6H3/t19-,20-,21-,23-,24+/m0/s1. The maximum absolute atomic E-state index is 12.2. The summed E-state index contributed by atoms with van der Waals surface area (Å²) in [5, 5.41) is 22.3. The minimum absolute atomic E-state index is 0.366. The Morgan fingerprint density at radius 3 is 2.39 bits per heavy atom. The van der Waals surface area contributed by atoms with Crippen molar-refractivity contribution in [3.8, 4) is 5.75 Å². The third-order valence-corrected chi connectivity index (χ3v) is 7.95. The van der Waals surface area contributed by atoms with E-state index in [0.717, 1.165) is 22.3 Å². The van der Waals surface area contributed by atoms with E-state index in [9.17, 15) is 19.8 Å². The largest absolute Gasteiger partial charge is 0.464 e. The number of esters is 2. The molecule has 0 radical (unpaired) electrons. The molecule has 1 fully saturated rings. The van der Waals surface area contributed by atoms with Crippen LogP contribution in [0.5, 0.6) is 5.75 Å². The number of aliphatic hydroxyl groups is 2. The predicted molar refractivity (Wildman–Crippen MR) is 112 cm³/mol. The van der Waals surface area contributed by atoms with E-state index in [-0.39, 0.29) is 0 Å². The van der Waals surface area contributed by atoms with Crippen molar-refractivity contribution >= 4 is 11.9 Å². The van der Waals surface area contributed by atoms with Crippen LogP contribution in [0.25, 0.3) is 0 Å². The molecule has 2 aliphatic carbocycles. The number of hydrogen-bond acceptors (Lipinski definition) is 7. The van der Waals surface area contributed by atoms with Crippen molar-refractivity contribution in [2.75, 3.05) is 0 Å². The molecule has 7 nitrogen and oxygen atoms in total. The quantitative estimate of drug-likeness (QED) is 0.692. The molecule has 1 aromatic carbocycles. The van der Waals surface area contributed by atoms with Crippen LogP contribution in [-0.4, -0.2) is 46.3 Å². The molecule has 0 unspecified atom stereocenters. The van der Waals surface area contributed by atoms with Gasteiger partial charge in [-0.05, 0) is 61.3 Å². The lowest BCUT2D eigenvalue weighted by Crippen LogP contribution is -2.73. The number of benzene rings is 1. The van der Waals surface area contributed by atoms with Gasteiger partial charge in [0.2, 0.25) is 6.29 Å². The van der Waals surface area contributed by atoms with Crippen LogP contribution in [0.4, 0.5) is 0 Å². The van der Waals surface area contributed by atoms with Crippen molar-refractivity contribution < 1.29 is 34.0 Å². The Labute approximate surface area is 182 Å². The number of rotatable bonds is 2.